The molecule has 0 aromatic heterocycles. The summed E-state index contributed by atoms with van der Waals surface area (Å²) in [6.07, 6.45) is -1.96. The molecule has 0 spiro atoms. The van der Waals surface area contributed by atoms with Crippen molar-refractivity contribution < 1.29 is 15.3 Å². The van der Waals surface area contributed by atoms with E-state index in [1.807, 2.05) is 0 Å². The molecule has 3 N–H and O–H groups in total. The second-order valence-electron chi connectivity index (χ2n) is 3.75. The molecule has 0 radical (unpaired) electrons. The Balaban J connectivity index is 2.77. The Morgan fingerprint density at radius 3 is 2.76 bits per heavy atom. The molecule has 2 unspecified atom stereocenters. The van der Waals surface area contributed by atoms with Crippen molar-refractivity contribution >= 4 is 0 Å². The van der Waals surface area contributed by atoms with Gasteiger partial charge < -0.3 is 15.3 Å². The number of rotatable bonds is 5. The van der Waals surface area contributed by atoms with Crippen molar-refractivity contribution in [1.82, 2.24) is 0 Å². The molecule has 0 saturated carbocycles. The van der Waals surface area contributed by atoms with Gasteiger partial charge in [-0.1, -0.05) is 17.2 Å². The van der Waals surface area contributed by atoms with Crippen LogP contribution in [0.3, 0.4) is 0 Å². The zero-order chi connectivity index (χ0) is 12.8. The number of nitrogens with zero attached hydrogens (tertiary/aromatic N) is 3. The van der Waals surface area contributed by atoms with Gasteiger partial charge in [0.1, 0.15) is 11.9 Å². The van der Waals surface area contributed by atoms with Gasteiger partial charge in [0.05, 0.1) is 6.10 Å². The van der Waals surface area contributed by atoms with Gasteiger partial charge >= 0.3 is 0 Å². The van der Waals surface area contributed by atoms with Crippen LogP contribution >= 0.6 is 0 Å². The highest BCUT2D eigenvalue weighted by Gasteiger charge is 2.20. The number of aliphatic hydroxyl groups is 2. The van der Waals surface area contributed by atoms with E-state index in [9.17, 15) is 15.3 Å². The summed E-state index contributed by atoms with van der Waals surface area (Å²) >= 11 is 0. The Labute approximate surface area is 98.8 Å². The summed E-state index contributed by atoms with van der Waals surface area (Å²) in [5, 5.41) is 32.4. The zero-order valence-corrected chi connectivity index (χ0v) is 9.48. The summed E-state index contributed by atoms with van der Waals surface area (Å²) in [5.74, 6) is 0.0730. The molecule has 0 amide bonds. The van der Waals surface area contributed by atoms with Gasteiger partial charge in [0.2, 0.25) is 0 Å². The third kappa shape index (κ3) is 3.35. The molecule has 2 atom stereocenters. The normalized spacial score (nSPS) is 13.8. The predicted molar refractivity (Wildman–Crippen MR) is 62.4 cm³/mol. The van der Waals surface area contributed by atoms with E-state index in [1.165, 1.54) is 6.07 Å². The summed E-state index contributed by atoms with van der Waals surface area (Å²) in [6.45, 7) is 1.78. The van der Waals surface area contributed by atoms with Crippen molar-refractivity contribution in [3.8, 4) is 5.75 Å². The van der Waals surface area contributed by atoms with Crippen LogP contribution in [0.4, 0.5) is 0 Å². The van der Waals surface area contributed by atoms with E-state index < -0.39 is 12.2 Å². The standard InChI is InChI=1S/C11H15N3O3/c1-7-8(3-2-4-9(7)15)11(17)10(16)5-6-13-14-12/h2-4,10-11,15-17H,5-6H2,1H3. The van der Waals surface area contributed by atoms with E-state index in [0.29, 0.717) is 11.1 Å². The quantitative estimate of drug-likeness (QED) is 0.412. The zero-order valence-electron chi connectivity index (χ0n) is 9.48. The molecule has 92 valence electrons. The number of phenolic OH excluding ortho intramolecular Hbond substituents is 1. The number of hydrogen-bond donors (Lipinski definition) is 3. The SMILES string of the molecule is Cc1c(O)cccc1C(O)C(O)CCN=[N+]=[N-]. The van der Waals surface area contributed by atoms with E-state index in [-0.39, 0.29) is 18.7 Å². The average Bonchev–Trinajstić information content (AvgIpc) is 2.32. The number of benzene rings is 1. The van der Waals surface area contributed by atoms with Gasteiger partial charge in [-0.3, -0.25) is 0 Å². The fourth-order valence-electron chi connectivity index (χ4n) is 1.56. The highest BCUT2D eigenvalue weighted by atomic mass is 16.3. The van der Waals surface area contributed by atoms with Gasteiger partial charge in [-0.05, 0) is 36.1 Å². The van der Waals surface area contributed by atoms with Crippen LogP contribution in [0.25, 0.3) is 10.4 Å². The summed E-state index contributed by atoms with van der Waals surface area (Å²) < 4.78 is 0. The maximum atomic E-state index is 9.90. The Morgan fingerprint density at radius 1 is 1.41 bits per heavy atom. The molecule has 1 rings (SSSR count). The maximum Gasteiger partial charge on any atom is 0.118 e. The molecular formula is C11H15N3O3. The molecule has 17 heavy (non-hydrogen) atoms. The van der Waals surface area contributed by atoms with Gasteiger partial charge in [-0.2, -0.15) is 0 Å². The number of aromatic hydroxyl groups is 1. The first-order valence-electron chi connectivity index (χ1n) is 5.23. The fraction of sp³-hybridized carbons (Fsp3) is 0.455. The van der Waals surface area contributed by atoms with Gasteiger partial charge in [-0.15, -0.1) is 0 Å². The first-order valence-corrected chi connectivity index (χ1v) is 5.23. The topological polar surface area (TPSA) is 109 Å². The Hall–Kier alpha value is -1.75. The van der Waals surface area contributed by atoms with Crippen LogP contribution in [0, 0.1) is 6.92 Å². The van der Waals surface area contributed by atoms with Crippen LogP contribution < -0.4 is 0 Å². The van der Waals surface area contributed by atoms with Crippen LogP contribution in [0.5, 0.6) is 5.75 Å². The highest BCUT2D eigenvalue weighted by molar-refractivity contribution is 5.39. The van der Waals surface area contributed by atoms with Crippen molar-refractivity contribution in [2.45, 2.75) is 25.6 Å². The second kappa shape index (κ2) is 6.10. The Morgan fingerprint density at radius 2 is 2.12 bits per heavy atom. The van der Waals surface area contributed by atoms with Crippen molar-refractivity contribution in [3.63, 3.8) is 0 Å². The molecule has 1 aromatic carbocycles. The Bertz CT molecular complexity index is 430. The molecule has 0 aliphatic rings. The smallest absolute Gasteiger partial charge is 0.118 e. The lowest BCUT2D eigenvalue weighted by atomic mass is 9.97. The van der Waals surface area contributed by atoms with Crippen LogP contribution in [0.1, 0.15) is 23.7 Å². The van der Waals surface area contributed by atoms with E-state index in [4.69, 9.17) is 5.53 Å². The van der Waals surface area contributed by atoms with Gasteiger partial charge in [0.25, 0.3) is 0 Å². The third-order valence-corrected chi connectivity index (χ3v) is 2.62. The van der Waals surface area contributed by atoms with Crippen molar-refractivity contribution in [3.05, 3.63) is 39.8 Å². The number of azide groups is 1. The number of phenols is 1. The van der Waals surface area contributed by atoms with E-state index in [2.05, 4.69) is 10.0 Å². The largest absolute Gasteiger partial charge is 0.508 e. The first-order chi connectivity index (χ1) is 8.07. The lowest BCUT2D eigenvalue weighted by molar-refractivity contribution is 0.0145. The predicted octanol–water partition coefficient (Wildman–Crippen LogP) is 1.80. The molecular weight excluding hydrogens is 222 g/mol. The molecule has 1 aromatic rings. The maximum absolute atomic E-state index is 9.90. The van der Waals surface area contributed by atoms with Crippen LogP contribution in [-0.2, 0) is 0 Å². The first kappa shape index (κ1) is 13.3. The minimum Gasteiger partial charge on any atom is -0.508 e. The minimum atomic E-state index is -1.10. The van der Waals surface area contributed by atoms with Crippen LogP contribution in [0.15, 0.2) is 23.3 Å². The fourth-order valence-corrected chi connectivity index (χ4v) is 1.56. The van der Waals surface area contributed by atoms with Crippen molar-refractivity contribution in [1.29, 1.82) is 0 Å². The molecule has 0 fully saturated rings. The number of aliphatic hydroxyl groups excluding tert-OH is 2. The van der Waals surface area contributed by atoms with E-state index >= 15 is 0 Å². The number of hydrogen-bond acceptors (Lipinski definition) is 4. The molecule has 0 aliphatic carbocycles. The molecule has 0 bridgehead atoms. The van der Waals surface area contributed by atoms with Crippen LogP contribution in [-0.4, -0.2) is 28.0 Å². The van der Waals surface area contributed by atoms with Crippen molar-refractivity contribution in [2.24, 2.45) is 5.11 Å². The van der Waals surface area contributed by atoms with Crippen molar-refractivity contribution in [2.75, 3.05) is 6.54 Å². The van der Waals surface area contributed by atoms with Gasteiger partial charge in [0.15, 0.2) is 0 Å². The molecule has 0 aliphatic heterocycles. The third-order valence-electron chi connectivity index (χ3n) is 2.62. The highest BCUT2D eigenvalue weighted by Crippen LogP contribution is 2.27. The van der Waals surface area contributed by atoms with Gasteiger partial charge in [0, 0.05) is 11.5 Å². The molecule has 0 saturated heterocycles. The second-order valence-corrected chi connectivity index (χ2v) is 3.75. The summed E-state index contributed by atoms with van der Waals surface area (Å²) in [7, 11) is 0. The molecule has 6 nitrogen and oxygen atoms in total. The van der Waals surface area contributed by atoms with E-state index in [0.717, 1.165) is 0 Å². The average molecular weight is 237 g/mol. The lowest BCUT2D eigenvalue weighted by Crippen LogP contribution is -2.19. The Kier molecular flexibility index (Phi) is 4.78. The minimum absolute atomic E-state index is 0.0730. The molecule has 0 heterocycles. The monoisotopic (exact) mass is 237 g/mol. The summed E-state index contributed by atoms with van der Waals surface area (Å²) in [6, 6.07) is 4.75. The molecule has 6 heteroatoms. The van der Waals surface area contributed by atoms with E-state index in [1.54, 1.807) is 19.1 Å². The lowest BCUT2D eigenvalue weighted by Gasteiger charge is -2.19. The summed E-state index contributed by atoms with van der Waals surface area (Å²) in [4.78, 5) is 2.56. The van der Waals surface area contributed by atoms with Crippen LogP contribution in [0.2, 0.25) is 0 Å². The van der Waals surface area contributed by atoms with Gasteiger partial charge in [-0.25, -0.2) is 0 Å². The summed E-state index contributed by atoms with van der Waals surface area (Å²) in [5.41, 5.74) is 9.10.